The van der Waals surface area contributed by atoms with Crippen LogP contribution in [0.25, 0.3) is 5.69 Å². The second-order valence-electron chi connectivity index (χ2n) is 5.54. The van der Waals surface area contributed by atoms with Gasteiger partial charge in [0.15, 0.2) is 5.82 Å². The molecule has 0 unspecified atom stereocenters. The SMILES string of the molecule is COc1ccccc1-n1nc(C(=O)O)c(N2CCCCCC2)n1. The fourth-order valence-corrected chi connectivity index (χ4v) is 2.84. The zero-order valence-corrected chi connectivity index (χ0v) is 13.1. The molecule has 0 atom stereocenters. The van der Waals surface area contributed by atoms with Crippen LogP contribution in [0.5, 0.6) is 5.75 Å². The number of aromatic carboxylic acids is 1. The molecule has 2 heterocycles. The summed E-state index contributed by atoms with van der Waals surface area (Å²) in [5.74, 6) is -0.0300. The van der Waals surface area contributed by atoms with E-state index in [2.05, 4.69) is 10.2 Å². The van der Waals surface area contributed by atoms with Gasteiger partial charge in [0.1, 0.15) is 11.4 Å². The predicted octanol–water partition coefficient (Wildman–Crippen LogP) is 2.35. The Morgan fingerprint density at radius 1 is 1.13 bits per heavy atom. The topological polar surface area (TPSA) is 80.5 Å². The standard InChI is InChI=1S/C16H20N4O3/c1-23-13-9-5-4-8-12(13)20-17-14(16(21)22)15(18-20)19-10-6-2-3-7-11-19/h4-5,8-9H,2-3,6-7,10-11H2,1H3,(H,21,22). The van der Waals surface area contributed by atoms with E-state index < -0.39 is 5.97 Å². The van der Waals surface area contributed by atoms with E-state index in [1.165, 1.54) is 17.6 Å². The number of hydrogen-bond acceptors (Lipinski definition) is 5. The first-order valence-corrected chi connectivity index (χ1v) is 7.79. The molecule has 1 saturated heterocycles. The smallest absolute Gasteiger partial charge is 0.360 e. The monoisotopic (exact) mass is 316 g/mol. The molecule has 0 radical (unpaired) electrons. The quantitative estimate of drug-likeness (QED) is 0.932. The van der Waals surface area contributed by atoms with Gasteiger partial charge in [0.2, 0.25) is 5.69 Å². The van der Waals surface area contributed by atoms with Crippen molar-refractivity contribution in [3.63, 3.8) is 0 Å². The molecule has 1 aliphatic heterocycles. The van der Waals surface area contributed by atoms with E-state index in [1.807, 2.05) is 17.0 Å². The molecule has 1 aromatic carbocycles. The summed E-state index contributed by atoms with van der Waals surface area (Å²) in [6, 6.07) is 7.29. The molecule has 1 fully saturated rings. The predicted molar refractivity (Wildman–Crippen MR) is 85.6 cm³/mol. The van der Waals surface area contributed by atoms with E-state index >= 15 is 0 Å². The van der Waals surface area contributed by atoms with E-state index in [0.717, 1.165) is 25.9 Å². The van der Waals surface area contributed by atoms with Crippen LogP contribution >= 0.6 is 0 Å². The Morgan fingerprint density at radius 3 is 2.48 bits per heavy atom. The van der Waals surface area contributed by atoms with Gasteiger partial charge in [-0.25, -0.2) is 4.79 Å². The van der Waals surface area contributed by atoms with Gasteiger partial charge in [-0.05, 0) is 25.0 Å². The summed E-state index contributed by atoms with van der Waals surface area (Å²) in [7, 11) is 1.57. The van der Waals surface area contributed by atoms with Crippen molar-refractivity contribution in [3.05, 3.63) is 30.0 Å². The molecule has 0 bridgehead atoms. The van der Waals surface area contributed by atoms with Crippen molar-refractivity contribution in [1.29, 1.82) is 0 Å². The van der Waals surface area contributed by atoms with Crippen LogP contribution in [0.4, 0.5) is 5.82 Å². The van der Waals surface area contributed by atoms with Gasteiger partial charge >= 0.3 is 5.97 Å². The lowest BCUT2D eigenvalue weighted by molar-refractivity contribution is 0.0690. The van der Waals surface area contributed by atoms with E-state index in [9.17, 15) is 9.90 Å². The van der Waals surface area contributed by atoms with E-state index in [0.29, 0.717) is 17.3 Å². The van der Waals surface area contributed by atoms with Crippen molar-refractivity contribution < 1.29 is 14.6 Å². The number of carboxylic acid groups (broad SMARTS) is 1. The molecule has 1 aromatic heterocycles. The van der Waals surface area contributed by atoms with Crippen LogP contribution in [0.1, 0.15) is 36.2 Å². The molecule has 7 nitrogen and oxygen atoms in total. The Labute approximate surface area is 134 Å². The number of aromatic nitrogens is 3. The number of anilines is 1. The van der Waals surface area contributed by atoms with Gasteiger partial charge in [0, 0.05) is 13.1 Å². The molecule has 23 heavy (non-hydrogen) atoms. The maximum absolute atomic E-state index is 11.6. The number of carboxylic acids is 1. The molecule has 0 amide bonds. The molecule has 0 aliphatic carbocycles. The summed E-state index contributed by atoms with van der Waals surface area (Å²) in [6.07, 6.45) is 4.42. The highest BCUT2D eigenvalue weighted by atomic mass is 16.5. The van der Waals surface area contributed by atoms with Crippen LogP contribution in [0.2, 0.25) is 0 Å². The van der Waals surface area contributed by atoms with Crippen LogP contribution in [-0.4, -0.2) is 46.3 Å². The van der Waals surface area contributed by atoms with Crippen molar-refractivity contribution in [2.45, 2.75) is 25.7 Å². The zero-order chi connectivity index (χ0) is 16.2. The molecular weight excluding hydrogens is 296 g/mol. The van der Waals surface area contributed by atoms with Crippen molar-refractivity contribution in [3.8, 4) is 11.4 Å². The van der Waals surface area contributed by atoms with Crippen LogP contribution in [0.15, 0.2) is 24.3 Å². The number of nitrogens with zero attached hydrogens (tertiary/aromatic N) is 4. The first-order valence-electron chi connectivity index (χ1n) is 7.79. The number of methoxy groups -OCH3 is 1. The van der Waals surface area contributed by atoms with Gasteiger partial charge in [0.25, 0.3) is 0 Å². The number of benzene rings is 1. The Bertz CT molecular complexity index is 690. The van der Waals surface area contributed by atoms with Crippen molar-refractivity contribution in [2.24, 2.45) is 0 Å². The minimum Gasteiger partial charge on any atom is -0.494 e. The molecule has 0 spiro atoms. The highest BCUT2D eigenvalue weighted by Crippen LogP contribution is 2.25. The fourth-order valence-electron chi connectivity index (χ4n) is 2.84. The summed E-state index contributed by atoms with van der Waals surface area (Å²) < 4.78 is 5.31. The highest BCUT2D eigenvalue weighted by Gasteiger charge is 2.24. The van der Waals surface area contributed by atoms with E-state index in [1.54, 1.807) is 19.2 Å². The van der Waals surface area contributed by atoms with Crippen LogP contribution in [-0.2, 0) is 0 Å². The molecule has 0 saturated carbocycles. The minimum absolute atomic E-state index is 0.0159. The highest BCUT2D eigenvalue weighted by molar-refractivity contribution is 5.91. The summed E-state index contributed by atoms with van der Waals surface area (Å²) >= 11 is 0. The van der Waals surface area contributed by atoms with Gasteiger partial charge in [-0.15, -0.1) is 15.0 Å². The number of carbonyl (C=O) groups is 1. The molecule has 1 N–H and O–H groups in total. The van der Waals surface area contributed by atoms with Crippen molar-refractivity contribution >= 4 is 11.8 Å². The minimum atomic E-state index is -1.06. The second kappa shape index (κ2) is 6.68. The van der Waals surface area contributed by atoms with Gasteiger partial charge in [0.05, 0.1) is 7.11 Å². The van der Waals surface area contributed by atoms with Crippen molar-refractivity contribution in [1.82, 2.24) is 15.0 Å². The summed E-state index contributed by atoms with van der Waals surface area (Å²) in [5.41, 5.74) is 0.608. The number of hydrogen-bond donors (Lipinski definition) is 1. The Kier molecular flexibility index (Phi) is 4.45. The van der Waals surface area contributed by atoms with Gasteiger partial charge in [-0.3, -0.25) is 0 Å². The molecule has 7 heteroatoms. The maximum atomic E-state index is 11.6. The third-order valence-corrected chi connectivity index (χ3v) is 4.00. The summed E-state index contributed by atoms with van der Waals surface area (Å²) in [6.45, 7) is 1.62. The van der Waals surface area contributed by atoms with E-state index in [-0.39, 0.29) is 5.69 Å². The van der Waals surface area contributed by atoms with E-state index in [4.69, 9.17) is 4.74 Å². The van der Waals surface area contributed by atoms with Gasteiger partial charge in [-0.1, -0.05) is 25.0 Å². The fraction of sp³-hybridized carbons (Fsp3) is 0.438. The first-order chi connectivity index (χ1) is 11.2. The number of rotatable bonds is 4. The Morgan fingerprint density at radius 2 is 1.83 bits per heavy atom. The molecular formula is C16H20N4O3. The largest absolute Gasteiger partial charge is 0.494 e. The Hall–Kier alpha value is -2.57. The second-order valence-corrected chi connectivity index (χ2v) is 5.54. The van der Waals surface area contributed by atoms with Gasteiger partial charge in [-0.2, -0.15) is 0 Å². The lowest BCUT2D eigenvalue weighted by atomic mass is 10.2. The third kappa shape index (κ3) is 3.13. The Balaban J connectivity index is 2.03. The maximum Gasteiger partial charge on any atom is 0.360 e. The lowest BCUT2D eigenvalue weighted by Gasteiger charge is -2.19. The molecule has 3 rings (SSSR count). The molecule has 122 valence electrons. The number of para-hydroxylation sites is 2. The average molecular weight is 316 g/mol. The first kappa shape index (κ1) is 15.3. The normalized spacial score (nSPS) is 15.3. The summed E-state index contributed by atoms with van der Waals surface area (Å²) in [4.78, 5) is 14.9. The number of ether oxygens (including phenoxy) is 1. The van der Waals surface area contributed by atoms with Crippen LogP contribution < -0.4 is 9.64 Å². The van der Waals surface area contributed by atoms with Crippen molar-refractivity contribution in [2.75, 3.05) is 25.1 Å². The lowest BCUT2D eigenvalue weighted by Crippen LogP contribution is -2.26. The van der Waals surface area contributed by atoms with Crippen LogP contribution in [0, 0.1) is 0 Å². The average Bonchev–Trinajstić information content (AvgIpc) is 2.83. The molecule has 1 aliphatic rings. The van der Waals surface area contributed by atoms with Gasteiger partial charge < -0.3 is 14.7 Å². The van der Waals surface area contributed by atoms with Crippen LogP contribution in [0.3, 0.4) is 0 Å². The third-order valence-electron chi connectivity index (χ3n) is 4.00. The molecule has 2 aromatic rings. The summed E-state index contributed by atoms with van der Waals surface area (Å²) in [5, 5.41) is 18.1. The zero-order valence-electron chi connectivity index (χ0n) is 13.1.